The van der Waals surface area contributed by atoms with Crippen LogP contribution in [0, 0.1) is 16.7 Å². The first-order valence-corrected chi connectivity index (χ1v) is 11.4. The molecule has 1 aromatic heterocycles. The topological polar surface area (TPSA) is 67.6 Å². The Morgan fingerprint density at radius 3 is 2.52 bits per heavy atom. The lowest BCUT2D eigenvalue weighted by Gasteiger charge is -2.55. The van der Waals surface area contributed by atoms with Crippen molar-refractivity contribution in [2.24, 2.45) is 5.41 Å². The second-order valence-electron chi connectivity index (χ2n) is 8.98. The molecule has 4 heterocycles. The molecule has 0 radical (unpaired) electrons. The Hall–Kier alpha value is -3.11. The summed E-state index contributed by atoms with van der Waals surface area (Å²) in [5, 5.41) is 10.5. The van der Waals surface area contributed by atoms with E-state index in [9.17, 15) is 5.26 Å². The molecule has 0 aliphatic carbocycles. The van der Waals surface area contributed by atoms with Crippen LogP contribution in [-0.2, 0) is 11.3 Å². The van der Waals surface area contributed by atoms with Crippen LogP contribution in [0.4, 0.5) is 0 Å². The predicted octanol–water partition coefficient (Wildman–Crippen LogP) is 4.54. The van der Waals surface area contributed by atoms with E-state index < -0.39 is 0 Å². The number of hydrogen-bond donors (Lipinski definition) is 0. The van der Waals surface area contributed by atoms with E-state index in [-0.39, 0.29) is 0 Å². The Balaban J connectivity index is 1.29. The molecular weight excluding hydrogens is 438 g/mol. The average molecular weight is 460 g/mol. The predicted molar refractivity (Wildman–Crippen MR) is 124 cm³/mol. The molecule has 2 aromatic carbocycles. The maximum atomic E-state index is 10.0. The van der Waals surface area contributed by atoms with Crippen LogP contribution in [0.3, 0.4) is 0 Å². The monoisotopic (exact) mass is 459 g/mol. The summed E-state index contributed by atoms with van der Waals surface area (Å²) in [6.07, 6.45) is 0. The van der Waals surface area contributed by atoms with E-state index in [4.69, 9.17) is 25.8 Å². The molecule has 7 heteroatoms. The van der Waals surface area contributed by atoms with Gasteiger partial charge in [0.2, 0.25) is 0 Å². The first-order valence-electron chi connectivity index (χ1n) is 11.0. The molecule has 3 aliphatic heterocycles. The second-order valence-corrected chi connectivity index (χ2v) is 9.34. The standard InChI is InChI=1S/C26H22ClN3O3/c27-25-18(12-30-13-26(14-30)15-31-16-26)4-6-22(29-25)20-3-1-2-19(21(20)11-28)17-5-7-23-24(10-17)33-9-8-32-23/h1-7,10H,8-9,12-16H2. The highest BCUT2D eigenvalue weighted by Crippen LogP contribution is 2.40. The molecule has 3 aliphatic rings. The molecular formula is C26H22ClN3O3. The molecule has 3 aromatic rings. The summed E-state index contributed by atoms with van der Waals surface area (Å²) >= 11 is 6.58. The molecule has 33 heavy (non-hydrogen) atoms. The molecule has 0 amide bonds. The first-order chi connectivity index (χ1) is 16.1. The first kappa shape index (κ1) is 20.5. The van der Waals surface area contributed by atoms with Crippen LogP contribution in [0.25, 0.3) is 22.4 Å². The minimum Gasteiger partial charge on any atom is -0.486 e. The lowest BCUT2D eigenvalue weighted by Crippen LogP contribution is -2.65. The molecule has 6 nitrogen and oxygen atoms in total. The third-order valence-electron chi connectivity index (χ3n) is 6.56. The van der Waals surface area contributed by atoms with Crippen molar-refractivity contribution in [2.45, 2.75) is 6.54 Å². The zero-order chi connectivity index (χ0) is 22.4. The maximum Gasteiger partial charge on any atom is 0.161 e. The summed E-state index contributed by atoms with van der Waals surface area (Å²) in [7, 11) is 0. The van der Waals surface area contributed by atoms with Gasteiger partial charge in [-0.1, -0.05) is 41.9 Å². The van der Waals surface area contributed by atoms with Gasteiger partial charge in [-0.15, -0.1) is 0 Å². The smallest absolute Gasteiger partial charge is 0.161 e. The summed E-state index contributed by atoms with van der Waals surface area (Å²) in [4.78, 5) is 7.03. The van der Waals surface area contributed by atoms with Crippen LogP contribution in [0.5, 0.6) is 11.5 Å². The second kappa shape index (κ2) is 8.03. The number of halogens is 1. The van der Waals surface area contributed by atoms with Crippen LogP contribution in [0.1, 0.15) is 11.1 Å². The summed E-state index contributed by atoms with van der Waals surface area (Å²) in [6, 6.07) is 17.9. The Labute approximate surface area is 197 Å². The van der Waals surface area contributed by atoms with Crippen LogP contribution < -0.4 is 9.47 Å². The van der Waals surface area contributed by atoms with Gasteiger partial charge in [0.15, 0.2) is 11.5 Å². The van der Waals surface area contributed by atoms with E-state index in [2.05, 4.69) is 16.0 Å². The Bertz CT molecular complexity index is 1270. The highest BCUT2D eigenvalue weighted by atomic mass is 35.5. The highest BCUT2D eigenvalue weighted by Gasteiger charge is 2.48. The summed E-state index contributed by atoms with van der Waals surface area (Å²) < 4.78 is 16.7. The van der Waals surface area contributed by atoms with Crippen molar-refractivity contribution in [3.8, 4) is 40.0 Å². The van der Waals surface area contributed by atoms with Gasteiger partial charge >= 0.3 is 0 Å². The van der Waals surface area contributed by atoms with Crippen LogP contribution in [0.2, 0.25) is 5.15 Å². The van der Waals surface area contributed by atoms with E-state index >= 15 is 0 Å². The minimum atomic E-state index is 0.371. The molecule has 2 fully saturated rings. The van der Waals surface area contributed by atoms with Gasteiger partial charge in [0, 0.05) is 41.7 Å². The molecule has 1 spiro atoms. The van der Waals surface area contributed by atoms with E-state index in [1.165, 1.54) is 0 Å². The normalized spacial score (nSPS) is 18.3. The van der Waals surface area contributed by atoms with Gasteiger partial charge in [0.25, 0.3) is 0 Å². The number of hydrogen-bond acceptors (Lipinski definition) is 6. The third-order valence-corrected chi connectivity index (χ3v) is 6.89. The Morgan fingerprint density at radius 1 is 1.00 bits per heavy atom. The fourth-order valence-electron chi connectivity index (χ4n) is 4.90. The number of likely N-dealkylation sites (tertiary alicyclic amines) is 1. The number of nitriles is 1. The summed E-state index contributed by atoms with van der Waals surface area (Å²) in [6.45, 7) is 5.65. The largest absolute Gasteiger partial charge is 0.486 e. The zero-order valence-corrected chi connectivity index (χ0v) is 18.8. The lowest BCUT2D eigenvalue weighted by atomic mass is 9.78. The highest BCUT2D eigenvalue weighted by molar-refractivity contribution is 6.30. The lowest BCUT2D eigenvalue weighted by molar-refractivity contribution is -0.191. The van der Waals surface area contributed by atoms with Crippen LogP contribution >= 0.6 is 11.6 Å². The van der Waals surface area contributed by atoms with Gasteiger partial charge in [0.05, 0.1) is 24.5 Å². The van der Waals surface area contributed by atoms with E-state index in [1.54, 1.807) is 0 Å². The zero-order valence-electron chi connectivity index (χ0n) is 18.0. The van der Waals surface area contributed by atoms with Gasteiger partial charge < -0.3 is 14.2 Å². The fraction of sp³-hybridized carbons (Fsp3) is 0.308. The fourth-order valence-corrected chi connectivity index (χ4v) is 5.11. The van der Waals surface area contributed by atoms with Gasteiger partial charge in [-0.25, -0.2) is 4.98 Å². The third kappa shape index (κ3) is 3.63. The van der Waals surface area contributed by atoms with Crippen molar-refractivity contribution in [3.63, 3.8) is 0 Å². The molecule has 2 saturated heterocycles. The molecule has 0 unspecified atom stereocenters. The number of ether oxygens (including phenoxy) is 3. The van der Waals surface area contributed by atoms with E-state index in [0.717, 1.165) is 60.9 Å². The minimum absolute atomic E-state index is 0.371. The number of rotatable bonds is 4. The molecule has 0 bridgehead atoms. The SMILES string of the molecule is N#Cc1c(-c2ccc3c(c2)OCCO3)cccc1-c1ccc(CN2CC3(COC3)C2)c(Cl)n1. The molecule has 0 atom stereocenters. The van der Waals surface area contributed by atoms with Crippen molar-refractivity contribution in [2.75, 3.05) is 39.5 Å². The molecule has 166 valence electrons. The molecule has 6 rings (SSSR count). The molecule has 0 saturated carbocycles. The molecule has 0 N–H and O–H groups in total. The Kier molecular flexibility index (Phi) is 4.99. The number of pyridine rings is 1. The van der Waals surface area contributed by atoms with E-state index in [0.29, 0.717) is 40.8 Å². The summed E-state index contributed by atoms with van der Waals surface area (Å²) in [5.74, 6) is 1.42. The van der Waals surface area contributed by atoms with Gasteiger partial charge in [-0.05, 0) is 23.8 Å². The quantitative estimate of drug-likeness (QED) is 0.533. The van der Waals surface area contributed by atoms with Crippen molar-refractivity contribution >= 4 is 11.6 Å². The van der Waals surface area contributed by atoms with Crippen LogP contribution in [0.15, 0.2) is 48.5 Å². The van der Waals surface area contributed by atoms with Crippen molar-refractivity contribution in [1.29, 1.82) is 5.26 Å². The van der Waals surface area contributed by atoms with Crippen molar-refractivity contribution in [3.05, 3.63) is 64.8 Å². The van der Waals surface area contributed by atoms with Crippen molar-refractivity contribution in [1.82, 2.24) is 9.88 Å². The maximum absolute atomic E-state index is 10.0. The summed E-state index contributed by atoms with van der Waals surface area (Å²) in [5.41, 5.74) is 5.09. The van der Waals surface area contributed by atoms with Crippen molar-refractivity contribution < 1.29 is 14.2 Å². The van der Waals surface area contributed by atoms with Gasteiger partial charge in [-0.2, -0.15) is 5.26 Å². The Morgan fingerprint density at radius 2 is 1.79 bits per heavy atom. The number of benzene rings is 2. The van der Waals surface area contributed by atoms with E-state index in [1.807, 2.05) is 48.5 Å². The number of fused-ring (bicyclic) bond motifs is 1. The average Bonchev–Trinajstić information content (AvgIpc) is 2.80. The van der Waals surface area contributed by atoms with Gasteiger partial charge in [-0.3, -0.25) is 4.90 Å². The number of nitrogens with zero attached hydrogens (tertiary/aromatic N) is 3. The van der Waals surface area contributed by atoms with Crippen LogP contribution in [-0.4, -0.2) is 49.4 Å². The number of aromatic nitrogens is 1. The van der Waals surface area contributed by atoms with Gasteiger partial charge in [0.1, 0.15) is 24.4 Å².